The van der Waals surface area contributed by atoms with Gasteiger partial charge in [-0.2, -0.15) is 0 Å². The number of rotatable bonds is 4. The molecular formula is C23H21N2O5+. The van der Waals surface area contributed by atoms with Crippen molar-refractivity contribution in [1.82, 2.24) is 5.32 Å². The van der Waals surface area contributed by atoms with Crippen molar-refractivity contribution >= 4 is 23.7 Å². The fourth-order valence-electron chi connectivity index (χ4n) is 5.14. The van der Waals surface area contributed by atoms with Gasteiger partial charge in [-0.25, -0.2) is 0 Å². The molecule has 7 heteroatoms. The number of carbonyl (C=O) groups excluding carboxylic acids is 3. The van der Waals surface area contributed by atoms with Gasteiger partial charge in [-0.1, -0.05) is 24.3 Å². The molecule has 30 heavy (non-hydrogen) atoms. The molecule has 0 spiro atoms. The highest BCUT2D eigenvalue weighted by Crippen LogP contribution is 2.41. The molecule has 2 aromatic rings. The summed E-state index contributed by atoms with van der Waals surface area (Å²) in [6, 6.07) is 11.8. The highest BCUT2D eigenvalue weighted by atomic mass is 16.5. The molecule has 0 bridgehead atoms. The van der Waals surface area contributed by atoms with Crippen LogP contribution in [0.25, 0.3) is 6.08 Å². The number of ketones is 1. The zero-order valence-electron chi connectivity index (χ0n) is 16.5. The minimum Gasteiger partial charge on any atom is -0.497 e. The van der Waals surface area contributed by atoms with Gasteiger partial charge >= 0.3 is 0 Å². The average Bonchev–Trinajstić information content (AvgIpc) is 3.27. The van der Waals surface area contributed by atoms with E-state index in [0.29, 0.717) is 17.1 Å². The first kappa shape index (κ1) is 18.6. The first-order chi connectivity index (χ1) is 14.5. The topological polar surface area (TPSA) is 86.1 Å². The van der Waals surface area contributed by atoms with E-state index in [0.717, 1.165) is 16.0 Å². The van der Waals surface area contributed by atoms with Crippen molar-refractivity contribution in [2.24, 2.45) is 11.8 Å². The molecule has 3 aliphatic rings. The molecule has 0 radical (unpaired) electrons. The summed E-state index contributed by atoms with van der Waals surface area (Å²) in [5.74, 6) is -1.35. The van der Waals surface area contributed by atoms with Gasteiger partial charge in [0.15, 0.2) is 6.04 Å². The predicted octanol–water partition coefficient (Wildman–Crippen LogP) is 0.768. The van der Waals surface area contributed by atoms with Gasteiger partial charge in [-0.3, -0.25) is 24.6 Å². The zero-order valence-corrected chi connectivity index (χ0v) is 16.5. The van der Waals surface area contributed by atoms with Crippen molar-refractivity contribution in [2.45, 2.75) is 12.1 Å². The van der Waals surface area contributed by atoms with Gasteiger partial charge in [0.1, 0.15) is 29.4 Å². The van der Waals surface area contributed by atoms with E-state index in [4.69, 9.17) is 9.47 Å². The summed E-state index contributed by atoms with van der Waals surface area (Å²) in [6.45, 7) is 0. The maximum atomic E-state index is 13.8. The summed E-state index contributed by atoms with van der Waals surface area (Å²) >= 11 is 0. The summed E-state index contributed by atoms with van der Waals surface area (Å²) in [7, 11) is 3.02. The zero-order chi connectivity index (χ0) is 21.0. The third-order valence-electron chi connectivity index (χ3n) is 6.42. The summed E-state index contributed by atoms with van der Waals surface area (Å²) in [6.07, 6.45) is 3.86. The van der Waals surface area contributed by atoms with Crippen LogP contribution in [0.5, 0.6) is 11.5 Å². The number of quaternary nitrogens is 1. The fraction of sp³-hybridized carbons (Fsp3) is 0.261. The molecule has 5 atom stereocenters. The molecule has 5 rings (SSSR count). The largest absolute Gasteiger partial charge is 0.497 e. The molecule has 2 amide bonds. The Balaban J connectivity index is 1.65. The molecule has 3 heterocycles. The minimum atomic E-state index is -0.739. The molecule has 152 valence electrons. The quantitative estimate of drug-likeness (QED) is 0.580. The number of hydrogen-bond donors (Lipinski definition) is 2. The molecule has 3 aliphatic heterocycles. The van der Waals surface area contributed by atoms with Crippen molar-refractivity contribution in [1.29, 1.82) is 0 Å². The number of benzene rings is 2. The molecule has 1 unspecified atom stereocenters. The monoisotopic (exact) mass is 405 g/mol. The Morgan fingerprint density at radius 1 is 1.00 bits per heavy atom. The van der Waals surface area contributed by atoms with Gasteiger partial charge in [0.2, 0.25) is 17.6 Å². The van der Waals surface area contributed by atoms with Crippen LogP contribution >= 0.6 is 0 Å². The van der Waals surface area contributed by atoms with Crippen molar-refractivity contribution < 1.29 is 28.8 Å². The number of fused-ring (bicyclic) bond motifs is 5. The summed E-state index contributed by atoms with van der Waals surface area (Å²) in [5, 5.41) is 2.45. The Morgan fingerprint density at radius 3 is 2.53 bits per heavy atom. The van der Waals surface area contributed by atoms with E-state index in [-0.39, 0.29) is 17.7 Å². The maximum Gasteiger partial charge on any atom is 0.237 e. The third-order valence-corrected chi connectivity index (χ3v) is 6.42. The van der Waals surface area contributed by atoms with Gasteiger partial charge < -0.3 is 9.47 Å². The van der Waals surface area contributed by atoms with E-state index in [1.807, 2.05) is 36.5 Å². The Labute approximate surface area is 173 Å². The SMILES string of the molecule is COc1ccc(OC)c(C(=O)[C@@H]2[C@@H]3C(=O)NC(=O)[C@@H]3[C@H]3c4ccccc4C=C[NH+]23)c1. The minimum absolute atomic E-state index is 0.243. The second-order valence-electron chi connectivity index (χ2n) is 7.75. The summed E-state index contributed by atoms with van der Waals surface area (Å²) in [5.41, 5.74) is 2.32. The van der Waals surface area contributed by atoms with Gasteiger partial charge in [-0.05, 0) is 29.8 Å². The maximum absolute atomic E-state index is 13.8. The van der Waals surface area contributed by atoms with E-state index in [9.17, 15) is 14.4 Å². The van der Waals surface area contributed by atoms with Crippen LogP contribution < -0.4 is 19.7 Å². The van der Waals surface area contributed by atoms with E-state index >= 15 is 0 Å². The smallest absolute Gasteiger partial charge is 0.237 e. The van der Waals surface area contributed by atoms with Crippen molar-refractivity contribution in [3.05, 3.63) is 65.4 Å². The lowest BCUT2D eigenvalue weighted by Gasteiger charge is -2.29. The average molecular weight is 405 g/mol. The lowest BCUT2D eigenvalue weighted by atomic mass is 9.83. The van der Waals surface area contributed by atoms with Crippen LogP contribution in [0.3, 0.4) is 0 Å². The fourth-order valence-corrected chi connectivity index (χ4v) is 5.14. The number of hydrogen-bond acceptors (Lipinski definition) is 5. The predicted molar refractivity (Wildman–Crippen MR) is 107 cm³/mol. The second-order valence-corrected chi connectivity index (χ2v) is 7.75. The molecule has 2 saturated heterocycles. The van der Waals surface area contributed by atoms with E-state index in [2.05, 4.69) is 5.32 Å². The van der Waals surface area contributed by atoms with Crippen LogP contribution in [-0.2, 0) is 9.59 Å². The Kier molecular flexibility index (Phi) is 4.22. The van der Waals surface area contributed by atoms with Crippen LogP contribution in [0, 0.1) is 11.8 Å². The lowest BCUT2D eigenvalue weighted by molar-refractivity contribution is -0.884. The normalized spacial score (nSPS) is 28.4. The third kappa shape index (κ3) is 2.52. The standard InChI is InChI=1S/C23H20N2O5/c1-29-13-7-8-16(30-2)15(11-13)21(26)20-18-17(22(27)24-23(18)28)19-14-6-4-3-5-12(14)9-10-25(19)20/h3-11,17-20H,1-2H3,(H,24,27,28)/p+1/t17-,18+,19+,20-/m0/s1. The molecular weight excluding hydrogens is 384 g/mol. The van der Waals surface area contributed by atoms with Crippen LogP contribution in [0.4, 0.5) is 0 Å². The highest BCUT2D eigenvalue weighted by Gasteiger charge is 2.65. The number of imide groups is 1. The number of carbonyl (C=O) groups is 3. The van der Waals surface area contributed by atoms with Crippen molar-refractivity contribution in [3.63, 3.8) is 0 Å². The Morgan fingerprint density at radius 2 is 1.77 bits per heavy atom. The summed E-state index contributed by atoms with van der Waals surface area (Å²) in [4.78, 5) is 40.1. The van der Waals surface area contributed by atoms with Crippen LogP contribution in [0.1, 0.15) is 27.5 Å². The molecule has 2 aromatic carbocycles. The number of methoxy groups -OCH3 is 2. The molecule has 2 fully saturated rings. The first-order valence-corrected chi connectivity index (χ1v) is 9.80. The molecule has 0 aromatic heterocycles. The van der Waals surface area contributed by atoms with Crippen molar-refractivity contribution in [2.75, 3.05) is 14.2 Å². The van der Waals surface area contributed by atoms with Crippen molar-refractivity contribution in [3.8, 4) is 11.5 Å². The lowest BCUT2D eigenvalue weighted by Crippen LogP contribution is -3.12. The van der Waals surface area contributed by atoms with Crippen LogP contribution in [0.2, 0.25) is 0 Å². The molecule has 2 N–H and O–H groups in total. The summed E-state index contributed by atoms with van der Waals surface area (Å²) < 4.78 is 10.7. The molecule has 7 nitrogen and oxygen atoms in total. The van der Waals surface area contributed by atoms with Gasteiger partial charge in [0, 0.05) is 5.56 Å². The van der Waals surface area contributed by atoms with E-state index in [1.54, 1.807) is 18.2 Å². The number of Topliss-reactive ketones (excluding diaryl/α,β-unsaturated/α-hetero) is 1. The van der Waals surface area contributed by atoms with E-state index in [1.165, 1.54) is 14.2 Å². The first-order valence-electron chi connectivity index (χ1n) is 9.80. The van der Waals surface area contributed by atoms with Crippen LogP contribution in [-0.4, -0.2) is 37.9 Å². The number of nitrogens with one attached hydrogen (secondary N) is 2. The number of ether oxygens (including phenoxy) is 2. The van der Waals surface area contributed by atoms with Gasteiger partial charge in [0.25, 0.3) is 0 Å². The van der Waals surface area contributed by atoms with Gasteiger partial charge in [0.05, 0.1) is 26.0 Å². The second kappa shape index (κ2) is 6.81. The number of amides is 2. The van der Waals surface area contributed by atoms with Gasteiger partial charge in [-0.15, -0.1) is 0 Å². The highest BCUT2D eigenvalue weighted by molar-refractivity contribution is 6.11. The Hall–Kier alpha value is -3.45. The van der Waals surface area contributed by atoms with Crippen LogP contribution in [0.15, 0.2) is 48.7 Å². The molecule has 0 aliphatic carbocycles. The van der Waals surface area contributed by atoms with E-state index < -0.39 is 23.8 Å². The molecule has 0 saturated carbocycles. The Bertz CT molecular complexity index is 1110.